The third-order valence-electron chi connectivity index (χ3n) is 3.18. The standard InChI is InChI=1S/C10H15BClNO2/c1-9(2)10(3,4)15-11(14-9)8-5-7(12)6-13-8/h5-6,13H,1-4H3. The van der Waals surface area contributed by atoms with Gasteiger partial charge >= 0.3 is 7.12 Å². The van der Waals surface area contributed by atoms with Gasteiger partial charge in [0.2, 0.25) is 0 Å². The predicted molar refractivity (Wildman–Crippen MR) is 61.5 cm³/mol. The van der Waals surface area contributed by atoms with Crippen LogP contribution in [-0.4, -0.2) is 23.3 Å². The van der Waals surface area contributed by atoms with Crippen LogP contribution in [0.4, 0.5) is 0 Å². The van der Waals surface area contributed by atoms with Gasteiger partial charge in [-0.3, -0.25) is 0 Å². The maximum atomic E-state index is 5.85. The molecular weight excluding hydrogens is 212 g/mol. The molecule has 0 spiro atoms. The molecule has 1 aliphatic heterocycles. The molecule has 0 amide bonds. The minimum atomic E-state index is -0.359. The monoisotopic (exact) mass is 227 g/mol. The minimum Gasteiger partial charge on any atom is -0.398 e. The normalized spacial score (nSPS) is 23.4. The average molecular weight is 228 g/mol. The Balaban J connectivity index is 2.23. The Morgan fingerprint density at radius 2 is 1.73 bits per heavy atom. The predicted octanol–water partition coefficient (Wildman–Crippen LogP) is 1.97. The van der Waals surface area contributed by atoms with Crippen molar-refractivity contribution in [3.63, 3.8) is 0 Å². The molecule has 0 saturated carbocycles. The molecule has 0 unspecified atom stereocenters. The number of rotatable bonds is 1. The van der Waals surface area contributed by atoms with Crippen molar-refractivity contribution in [2.45, 2.75) is 38.9 Å². The second-order valence-electron chi connectivity index (χ2n) is 4.86. The summed E-state index contributed by atoms with van der Waals surface area (Å²) in [5, 5.41) is 0.666. The summed E-state index contributed by atoms with van der Waals surface area (Å²) in [6.45, 7) is 8.10. The third-order valence-corrected chi connectivity index (χ3v) is 3.40. The van der Waals surface area contributed by atoms with E-state index in [1.807, 2.05) is 33.8 Å². The van der Waals surface area contributed by atoms with Crippen molar-refractivity contribution >= 4 is 24.3 Å². The summed E-state index contributed by atoms with van der Waals surface area (Å²) >= 11 is 5.84. The van der Waals surface area contributed by atoms with E-state index in [2.05, 4.69) is 4.98 Å². The number of aromatic amines is 1. The molecular formula is C10H15BClNO2. The number of hydrogen-bond donors (Lipinski definition) is 1. The van der Waals surface area contributed by atoms with Crippen molar-refractivity contribution in [3.8, 4) is 0 Å². The summed E-state index contributed by atoms with van der Waals surface area (Å²) < 4.78 is 11.7. The van der Waals surface area contributed by atoms with Crippen molar-refractivity contribution < 1.29 is 9.31 Å². The van der Waals surface area contributed by atoms with E-state index >= 15 is 0 Å². The van der Waals surface area contributed by atoms with Gasteiger partial charge in [0.25, 0.3) is 0 Å². The van der Waals surface area contributed by atoms with E-state index in [9.17, 15) is 0 Å². The summed E-state index contributed by atoms with van der Waals surface area (Å²) in [6, 6.07) is 1.82. The Morgan fingerprint density at radius 1 is 1.20 bits per heavy atom. The van der Waals surface area contributed by atoms with Crippen LogP contribution in [0, 0.1) is 0 Å². The van der Waals surface area contributed by atoms with E-state index in [-0.39, 0.29) is 18.3 Å². The van der Waals surface area contributed by atoms with Gasteiger partial charge in [-0.2, -0.15) is 0 Å². The second-order valence-corrected chi connectivity index (χ2v) is 5.30. The van der Waals surface area contributed by atoms with Gasteiger partial charge in [-0.25, -0.2) is 0 Å². The minimum absolute atomic E-state index is 0.310. The van der Waals surface area contributed by atoms with Crippen molar-refractivity contribution in [1.82, 2.24) is 4.98 Å². The van der Waals surface area contributed by atoms with Gasteiger partial charge in [0, 0.05) is 11.8 Å². The molecule has 1 fully saturated rings. The van der Waals surface area contributed by atoms with Crippen LogP contribution in [0.5, 0.6) is 0 Å². The lowest BCUT2D eigenvalue weighted by molar-refractivity contribution is 0.00578. The van der Waals surface area contributed by atoms with Crippen molar-refractivity contribution in [1.29, 1.82) is 0 Å². The Bertz CT molecular complexity index is 359. The zero-order valence-electron chi connectivity index (χ0n) is 9.43. The van der Waals surface area contributed by atoms with Crippen LogP contribution in [0.1, 0.15) is 27.7 Å². The maximum absolute atomic E-state index is 5.85. The van der Waals surface area contributed by atoms with Gasteiger partial charge in [-0.1, -0.05) is 11.6 Å². The van der Waals surface area contributed by atoms with E-state index in [4.69, 9.17) is 20.9 Å². The summed E-state index contributed by atoms with van der Waals surface area (Å²) in [6.07, 6.45) is 1.72. The molecule has 5 heteroatoms. The molecule has 0 bridgehead atoms. The lowest BCUT2D eigenvalue weighted by Gasteiger charge is -2.32. The van der Waals surface area contributed by atoms with Gasteiger partial charge in [0.05, 0.1) is 16.2 Å². The number of nitrogens with one attached hydrogen (secondary N) is 1. The van der Waals surface area contributed by atoms with Crippen LogP contribution in [0.3, 0.4) is 0 Å². The zero-order valence-corrected chi connectivity index (χ0v) is 10.2. The van der Waals surface area contributed by atoms with E-state index in [1.54, 1.807) is 6.20 Å². The van der Waals surface area contributed by atoms with Crippen LogP contribution >= 0.6 is 11.6 Å². The van der Waals surface area contributed by atoms with Crippen LogP contribution in [0.15, 0.2) is 12.3 Å². The Kier molecular flexibility index (Phi) is 2.41. The number of aromatic nitrogens is 1. The molecule has 1 aromatic heterocycles. The fourth-order valence-electron chi connectivity index (χ4n) is 1.49. The molecule has 1 N–H and O–H groups in total. The Labute approximate surface area is 95.2 Å². The van der Waals surface area contributed by atoms with E-state index in [0.717, 1.165) is 5.59 Å². The highest BCUT2D eigenvalue weighted by atomic mass is 35.5. The Morgan fingerprint density at radius 3 is 2.13 bits per heavy atom. The summed E-state index contributed by atoms with van der Waals surface area (Å²) in [5.41, 5.74) is 0.239. The topological polar surface area (TPSA) is 34.2 Å². The molecule has 2 rings (SSSR count). The van der Waals surface area contributed by atoms with Crippen molar-refractivity contribution in [2.24, 2.45) is 0 Å². The van der Waals surface area contributed by atoms with E-state index in [1.165, 1.54) is 0 Å². The summed E-state index contributed by atoms with van der Waals surface area (Å²) in [5.74, 6) is 0. The molecule has 0 radical (unpaired) electrons. The molecule has 0 aromatic carbocycles. The first-order chi connectivity index (χ1) is 6.82. The second kappa shape index (κ2) is 3.27. The van der Waals surface area contributed by atoms with Gasteiger partial charge in [-0.15, -0.1) is 0 Å². The molecule has 1 aromatic rings. The maximum Gasteiger partial charge on any atom is 0.512 e. The third kappa shape index (κ3) is 1.82. The van der Waals surface area contributed by atoms with Gasteiger partial charge in [-0.05, 0) is 33.8 Å². The van der Waals surface area contributed by atoms with Crippen LogP contribution in [0.2, 0.25) is 5.02 Å². The van der Waals surface area contributed by atoms with E-state index in [0.29, 0.717) is 5.02 Å². The molecule has 0 atom stereocenters. The SMILES string of the molecule is CC1(C)OB(c2cc(Cl)c[nH]2)OC1(C)C. The molecule has 3 nitrogen and oxygen atoms in total. The number of hydrogen-bond acceptors (Lipinski definition) is 2. The van der Waals surface area contributed by atoms with Gasteiger partial charge in [0.15, 0.2) is 0 Å². The highest BCUT2D eigenvalue weighted by Crippen LogP contribution is 2.36. The lowest BCUT2D eigenvalue weighted by Crippen LogP contribution is -2.41. The smallest absolute Gasteiger partial charge is 0.398 e. The average Bonchev–Trinajstić information content (AvgIpc) is 2.56. The molecule has 0 aliphatic carbocycles. The summed E-state index contributed by atoms with van der Waals surface area (Å²) in [7, 11) is -0.359. The number of halogens is 1. The van der Waals surface area contributed by atoms with Gasteiger partial charge in [0.1, 0.15) is 0 Å². The zero-order chi connectivity index (χ0) is 11.3. The molecule has 1 saturated heterocycles. The molecule has 82 valence electrons. The lowest BCUT2D eigenvalue weighted by atomic mass is 9.85. The van der Waals surface area contributed by atoms with Crippen LogP contribution < -0.4 is 5.59 Å². The van der Waals surface area contributed by atoms with Crippen LogP contribution in [-0.2, 0) is 9.31 Å². The first kappa shape index (κ1) is 11.1. The first-order valence-electron chi connectivity index (χ1n) is 5.01. The van der Waals surface area contributed by atoms with Crippen molar-refractivity contribution in [2.75, 3.05) is 0 Å². The quantitative estimate of drug-likeness (QED) is 0.745. The van der Waals surface area contributed by atoms with Gasteiger partial charge < -0.3 is 14.3 Å². The fraction of sp³-hybridized carbons (Fsp3) is 0.600. The molecule has 15 heavy (non-hydrogen) atoms. The van der Waals surface area contributed by atoms with E-state index < -0.39 is 0 Å². The highest BCUT2D eigenvalue weighted by Gasteiger charge is 2.52. The largest absolute Gasteiger partial charge is 0.512 e. The highest BCUT2D eigenvalue weighted by molar-refractivity contribution is 6.61. The summed E-state index contributed by atoms with van der Waals surface area (Å²) in [4.78, 5) is 3.04. The van der Waals surface area contributed by atoms with Crippen LogP contribution in [0.25, 0.3) is 0 Å². The molecule has 1 aliphatic rings. The molecule has 2 heterocycles. The Hall–Kier alpha value is -0.445. The van der Waals surface area contributed by atoms with Crippen molar-refractivity contribution in [3.05, 3.63) is 17.3 Å². The first-order valence-corrected chi connectivity index (χ1v) is 5.39. The number of H-pyrrole nitrogens is 1. The fourth-order valence-corrected chi connectivity index (χ4v) is 1.66.